The summed E-state index contributed by atoms with van der Waals surface area (Å²) in [6, 6.07) is 6.81. The molecule has 142 valence electrons. The van der Waals surface area contributed by atoms with Crippen molar-refractivity contribution >= 4 is 78.6 Å². The van der Waals surface area contributed by atoms with Crippen LogP contribution in [0.1, 0.15) is 25.6 Å². The zero-order chi connectivity index (χ0) is 20.0. The van der Waals surface area contributed by atoms with E-state index in [9.17, 15) is 10.1 Å². The average molecular weight is 497 g/mol. The van der Waals surface area contributed by atoms with Crippen molar-refractivity contribution in [2.75, 3.05) is 0 Å². The number of rotatable bonds is 4. The van der Waals surface area contributed by atoms with Crippen LogP contribution in [-0.4, -0.2) is 23.6 Å². The van der Waals surface area contributed by atoms with Crippen LogP contribution >= 0.6 is 51.0 Å². The van der Waals surface area contributed by atoms with Gasteiger partial charge in [-0.3, -0.25) is 10.1 Å². The van der Waals surface area contributed by atoms with Crippen molar-refractivity contribution in [2.45, 2.75) is 29.7 Å². The van der Waals surface area contributed by atoms with Crippen molar-refractivity contribution in [3.05, 3.63) is 49.7 Å². The minimum atomic E-state index is -0.425. The number of benzene rings is 2. The Hall–Kier alpha value is -1.88. The van der Waals surface area contributed by atoms with Crippen LogP contribution in [0.3, 0.4) is 0 Å². The fraction of sp³-hybridized carbons (Fsp3) is 0.176. The number of nitrogens with zero attached hydrogens (tertiary/aromatic N) is 5. The molecule has 2 heterocycles. The number of hydrogen-bond donors (Lipinski definition) is 0. The van der Waals surface area contributed by atoms with Crippen LogP contribution in [0.4, 0.5) is 5.69 Å². The van der Waals surface area contributed by atoms with E-state index in [4.69, 9.17) is 11.6 Å². The van der Waals surface area contributed by atoms with Gasteiger partial charge in [0.15, 0.2) is 0 Å². The highest BCUT2D eigenvalue weighted by molar-refractivity contribution is 9.10. The first-order valence-electron chi connectivity index (χ1n) is 8.09. The molecule has 0 amide bonds. The monoisotopic (exact) mass is 495 g/mol. The second kappa shape index (κ2) is 7.51. The van der Waals surface area contributed by atoms with Crippen LogP contribution in [0.5, 0.6) is 0 Å². The summed E-state index contributed by atoms with van der Waals surface area (Å²) in [4.78, 5) is 20.9. The molecule has 0 aliphatic carbocycles. The molecule has 0 spiro atoms. The lowest BCUT2D eigenvalue weighted by Gasteiger charge is -2.11. The molecule has 0 saturated heterocycles. The van der Waals surface area contributed by atoms with E-state index in [-0.39, 0.29) is 11.6 Å². The lowest BCUT2D eigenvalue weighted by atomic mass is 10.2. The Morgan fingerprint density at radius 2 is 1.96 bits per heavy atom. The molecule has 11 heteroatoms. The largest absolute Gasteiger partial charge is 0.286 e. The number of halogens is 2. The number of nitro benzene ring substituents is 1. The van der Waals surface area contributed by atoms with Crippen molar-refractivity contribution in [3.63, 3.8) is 0 Å². The van der Waals surface area contributed by atoms with Crippen molar-refractivity contribution in [2.24, 2.45) is 0 Å². The zero-order valence-corrected chi connectivity index (χ0v) is 18.5. The van der Waals surface area contributed by atoms with Crippen LogP contribution in [-0.2, 0) is 0 Å². The molecule has 0 saturated carbocycles. The lowest BCUT2D eigenvalue weighted by molar-refractivity contribution is -0.387. The Morgan fingerprint density at radius 3 is 2.68 bits per heavy atom. The fourth-order valence-electron chi connectivity index (χ4n) is 2.63. The predicted octanol–water partition coefficient (Wildman–Crippen LogP) is 6.23. The standard InChI is InChI=1S/C17H11BrClN5O2S2/c1-7(2)16-20-11-4-3-8(19)5-9(11)17(21-16)27-15-12(24(25)26)6-10(18)13-14(15)23-28-22-13/h3-7H,1-2H3. The first-order chi connectivity index (χ1) is 13.3. The molecule has 0 N–H and O–H groups in total. The topological polar surface area (TPSA) is 94.7 Å². The second-order valence-electron chi connectivity index (χ2n) is 6.23. The van der Waals surface area contributed by atoms with Crippen molar-refractivity contribution < 1.29 is 4.92 Å². The normalized spacial score (nSPS) is 11.6. The van der Waals surface area contributed by atoms with Gasteiger partial charge in [0.2, 0.25) is 0 Å². The third-order valence-electron chi connectivity index (χ3n) is 3.98. The molecule has 0 aliphatic rings. The average Bonchev–Trinajstić information content (AvgIpc) is 3.14. The van der Waals surface area contributed by atoms with E-state index in [1.807, 2.05) is 19.9 Å². The molecule has 0 unspecified atom stereocenters. The first kappa shape index (κ1) is 19.4. The highest BCUT2D eigenvalue weighted by atomic mass is 79.9. The van der Waals surface area contributed by atoms with Crippen molar-refractivity contribution in [1.29, 1.82) is 0 Å². The van der Waals surface area contributed by atoms with Crippen LogP contribution in [0.2, 0.25) is 5.02 Å². The molecule has 0 aliphatic heterocycles. The Morgan fingerprint density at radius 1 is 1.21 bits per heavy atom. The molecule has 2 aromatic carbocycles. The summed E-state index contributed by atoms with van der Waals surface area (Å²) in [5.74, 6) is 0.755. The smallest absolute Gasteiger partial charge is 0.258 e. The van der Waals surface area contributed by atoms with E-state index in [2.05, 4.69) is 34.6 Å². The van der Waals surface area contributed by atoms with Crippen LogP contribution < -0.4 is 0 Å². The maximum Gasteiger partial charge on any atom is 0.286 e. The van der Waals surface area contributed by atoms with Gasteiger partial charge in [0.05, 0.1) is 26.6 Å². The van der Waals surface area contributed by atoms with Gasteiger partial charge >= 0.3 is 0 Å². The van der Waals surface area contributed by atoms with Gasteiger partial charge in [-0.1, -0.05) is 37.2 Å². The van der Waals surface area contributed by atoms with Gasteiger partial charge in [0.1, 0.15) is 26.8 Å². The summed E-state index contributed by atoms with van der Waals surface area (Å²) in [6.07, 6.45) is 0. The minimum absolute atomic E-state index is 0.0584. The maximum atomic E-state index is 11.7. The first-order valence-corrected chi connectivity index (χ1v) is 10.8. The maximum absolute atomic E-state index is 11.7. The zero-order valence-electron chi connectivity index (χ0n) is 14.5. The Balaban J connectivity index is 1.99. The summed E-state index contributed by atoms with van der Waals surface area (Å²) < 4.78 is 9.05. The summed E-state index contributed by atoms with van der Waals surface area (Å²) in [7, 11) is 0. The molecule has 2 aromatic heterocycles. The molecule has 28 heavy (non-hydrogen) atoms. The van der Waals surface area contributed by atoms with E-state index < -0.39 is 4.92 Å². The number of aromatic nitrogens is 4. The number of fused-ring (bicyclic) bond motifs is 2. The lowest BCUT2D eigenvalue weighted by Crippen LogP contribution is -2.00. The van der Waals surface area contributed by atoms with Gasteiger partial charge in [-0.05, 0) is 34.1 Å². The van der Waals surface area contributed by atoms with E-state index in [1.165, 1.54) is 17.8 Å². The summed E-state index contributed by atoms with van der Waals surface area (Å²) in [5, 5.41) is 13.6. The van der Waals surface area contributed by atoms with Crippen molar-refractivity contribution in [1.82, 2.24) is 18.7 Å². The van der Waals surface area contributed by atoms with E-state index in [0.717, 1.165) is 22.6 Å². The molecule has 0 fully saturated rings. The molecule has 0 bridgehead atoms. The molecule has 4 aromatic rings. The highest BCUT2D eigenvalue weighted by Crippen LogP contribution is 2.43. The van der Waals surface area contributed by atoms with Gasteiger partial charge in [-0.2, -0.15) is 8.75 Å². The number of nitro groups is 1. The third kappa shape index (κ3) is 3.45. The van der Waals surface area contributed by atoms with E-state index >= 15 is 0 Å². The molecular weight excluding hydrogens is 486 g/mol. The number of hydrogen-bond acceptors (Lipinski definition) is 8. The summed E-state index contributed by atoms with van der Waals surface area (Å²) in [6.45, 7) is 3.99. The van der Waals surface area contributed by atoms with Gasteiger partial charge in [0, 0.05) is 22.4 Å². The van der Waals surface area contributed by atoms with E-state index in [0.29, 0.717) is 36.3 Å². The van der Waals surface area contributed by atoms with Gasteiger partial charge < -0.3 is 0 Å². The van der Waals surface area contributed by atoms with Gasteiger partial charge in [-0.15, -0.1) is 0 Å². The van der Waals surface area contributed by atoms with Gasteiger partial charge in [0.25, 0.3) is 5.69 Å². The quantitative estimate of drug-likeness (QED) is 0.188. The Labute approximate surface area is 181 Å². The summed E-state index contributed by atoms with van der Waals surface area (Å²) >= 11 is 11.7. The minimum Gasteiger partial charge on any atom is -0.258 e. The highest BCUT2D eigenvalue weighted by Gasteiger charge is 2.25. The molecule has 0 atom stereocenters. The Bertz CT molecular complexity index is 1250. The summed E-state index contributed by atoms with van der Waals surface area (Å²) in [5.41, 5.74) is 1.73. The van der Waals surface area contributed by atoms with Gasteiger partial charge in [-0.25, -0.2) is 9.97 Å². The third-order valence-corrected chi connectivity index (χ3v) is 6.46. The Kier molecular flexibility index (Phi) is 5.21. The van der Waals surface area contributed by atoms with E-state index in [1.54, 1.807) is 12.1 Å². The second-order valence-corrected chi connectivity index (χ2v) is 9.05. The molecule has 0 radical (unpaired) electrons. The molecule has 7 nitrogen and oxygen atoms in total. The molecule has 4 rings (SSSR count). The fourth-order valence-corrected chi connectivity index (χ4v) is 5.12. The van der Waals surface area contributed by atoms with Crippen LogP contribution in [0.15, 0.2) is 38.7 Å². The SMILES string of the molecule is CC(C)c1nc(Sc2c([N+](=O)[O-])cc(Br)c3nsnc23)c2cc(Cl)ccc2n1. The van der Waals surface area contributed by atoms with Crippen molar-refractivity contribution in [3.8, 4) is 0 Å². The predicted molar refractivity (Wildman–Crippen MR) is 115 cm³/mol. The van der Waals surface area contributed by atoms with Crippen LogP contribution in [0.25, 0.3) is 21.9 Å². The van der Waals surface area contributed by atoms with Crippen LogP contribution in [0, 0.1) is 10.1 Å². The molecular formula is C17H11BrClN5O2S2.